The van der Waals surface area contributed by atoms with E-state index in [2.05, 4.69) is 72.6 Å². The zero-order chi connectivity index (χ0) is 17.9. The first-order valence-electron chi connectivity index (χ1n) is 8.89. The van der Waals surface area contributed by atoms with Gasteiger partial charge in [-0.05, 0) is 41.3 Å². The molecule has 3 aromatic carbocycles. The van der Waals surface area contributed by atoms with Crippen molar-refractivity contribution in [2.24, 2.45) is 0 Å². The average molecular weight is 340 g/mol. The van der Waals surface area contributed by atoms with Crippen LogP contribution >= 0.6 is 0 Å². The number of benzene rings is 3. The van der Waals surface area contributed by atoms with Crippen LogP contribution in [0.5, 0.6) is 11.5 Å². The Morgan fingerprint density at radius 1 is 0.885 bits per heavy atom. The molecule has 0 fully saturated rings. The third-order valence-corrected chi connectivity index (χ3v) is 4.94. The fourth-order valence-corrected chi connectivity index (χ4v) is 3.52. The van der Waals surface area contributed by atoms with E-state index in [1.807, 2.05) is 30.3 Å². The van der Waals surface area contributed by atoms with Crippen LogP contribution in [0.2, 0.25) is 0 Å². The summed E-state index contributed by atoms with van der Waals surface area (Å²) < 4.78 is 10.5. The molecule has 26 heavy (non-hydrogen) atoms. The summed E-state index contributed by atoms with van der Waals surface area (Å²) in [5.74, 6) is 1.75. The van der Waals surface area contributed by atoms with Gasteiger partial charge >= 0.3 is 0 Å². The third-order valence-electron chi connectivity index (χ3n) is 4.94. The van der Waals surface area contributed by atoms with E-state index in [-0.39, 0.29) is 5.41 Å². The Bertz CT molecular complexity index is 1130. The van der Waals surface area contributed by atoms with E-state index in [9.17, 15) is 0 Å². The molecular formula is C23H20N2O. The zero-order valence-electron chi connectivity index (χ0n) is 15.2. The lowest BCUT2D eigenvalue weighted by Gasteiger charge is -2.24. The molecule has 128 valence electrons. The SMILES string of the molecule is CC(C)(C)c1ccc2c(c1)Oc1cccc3c1[n+]-2[c-]n3-c1ccccc1. The molecule has 0 atom stereocenters. The van der Waals surface area contributed by atoms with Crippen molar-refractivity contribution in [2.45, 2.75) is 26.2 Å². The molecule has 2 heterocycles. The molecule has 5 rings (SSSR count). The summed E-state index contributed by atoms with van der Waals surface area (Å²) in [6.45, 7) is 6.65. The van der Waals surface area contributed by atoms with E-state index >= 15 is 0 Å². The van der Waals surface area contributed by atoms with Gasteiger partial charge in [0.15, 0.2) is 0 Å². The van der Waals surface area contributed by atoms with Crippen LogP contribution < -0.4 is 9.30 Å². The summed E-state index contributed by atoms with van der Waals surface area (Å²) in [6, 6.07) is 22.9. The first kappa shape index (κ1) is 15.2. The van der Waals surface area contributed by atoms with E-state index in [1.54, 1.807) is 0 Å². The van der Waals surface area contributed by atoms with Crippen molar-refractivity contribution in [3.63, 3.8) is 0 Å². The second-order valence-electron chi connectivity index (χ2n) is 7.76. The van der Waals surface area contributed by atoms with Crippen LogP contribution in [0.15, 0.2) is 66.7 Å². The summed E-state index contributed by atoms with van der Waals surface area (Å²) in [6.07, 6.45) is 3.52. The largest absolute Gasteiger partial charge is 0.465 e. The van der Waals surface area contributed by atoms with Crippen molar-refractivity contribution < 1.29 is 9.30 Å². The number of rotatable bonds is 1. The van der Waals surface area contributed by atoms with Crippen LogP contribution in [0.1, 0.15) is 26.3 Å². The van der Waals surface area contributed by atoms with Crippen molar-refractivity contribution in [3.05, 3.63) is 78.6 Å². The molecule has 4 aromatic rings. The van der Waals surface area contributed by atoms with Gasteiger partial charge in [0.2, 0.25) is 0 Å². The second-order valence-corrected chi connectivity index (χ2v) is 7.76. The van der Waals surface area contributed by atoms with E-state index in [0.717, 1.165) is 33.9 Å². The Morgan fingerprint density at radius 2 is 1.69 bits per heavy atom. The standard InChI is InChI=1S/C23H20N2O/c1-23(2,3)16-12-13-18-21(14-16)26-20-11-7-10-19-22(20)25(18)15-24(19)17-8-5-4-6-9-17/h4-14H,1-3H3. The van der Waals surface area contributed by atoms with E-state index in [0.29, 0.717) is 0 Å². The molecule has 1 aliphatic rings. The Hall–Kier alpha value is -3.07. The van der Waals surface area contributed by atoms with Crippen LogP contribution in [0.4, 0.5) is 0 Å². The van der Waals surface area contributed by atoms with Gasteiger partial charge in [-0.3, -0.25) is 9.13 Å². The maximum absolute atomic E-state index is 6.28. The Balaban J connectivity index is 1.79. The third kappa shape index (κ3) is 2.17. The number of nitrogens with zero attached hydrogens (tertiary/aromatic N) is 2. The number of fused-ring (bicyclic) bond motifs is 2. The van der Waals surface area contributed by atoms with Crippen LogP contribution in [-0.2, 0) is 5.41 Å². The van der Waals surface area contributed by atoms with Gasteiger partial charge in [-0.2, -0.15) is 0 Å². The molecule has 0 radical (unpaired) electrons. The molecule has 0 aliphatic carbocycles. The van der Waals surface area contributed by atoms with E-state index in [4.69, 9.17) is 4.74 Å². The number of ether oxygens (including phenoxy) is 1. The van der Waals surface area contributed by atoms with Crippen molar-refractivity contribution in [1.82, 2.24) is 4.57 Å². The number of imidazole rings is 1. The fourth-order valence-electron chi connectivity index (χ4n) is 3.52. The molecule has 1 aromatic heterocycles. The molecule has 1 aliphatic heterocycles. The van der Waals surface area contributed by atoms with Crippen LogP contribution in [0.25, 0.3) is 22.4 Å². The van der Waals surface area contributed by atoms with Gasteiger partial charge in [-0.15, -0.1) is 0 Å². The first-order chi connectivity index (χ1) is 12.5. The first-order valence-corrected chi connectivity index (χ1v) is 8.89. The predicted octanol–water partition coefficient (Wildman–Crippen LogP) is 5.11. The minimum atomic E-state index is 0.0784. The lowest BCUT2D eigenvalue weighted by molar-refractivity contribution is -0.575. The van der Waals surface area contributed by atoms with Crippen LogP contribution in [-0.4, -0.2) is 4.57 Å². The molecule has 0 unspecified atom stereocenters. The normalized spacial score (nSPS) is 12.7. The summed E-state index contributed by atoms with van der Waals surface area (Å²) in [5, 5.41) is 0. The monoisotopic (exact) mass is 340 g/mol. The average Bonchev–Trinajstić information content (AvgIpc) is 3.03. The maximum Gasteiger partial charge on any atom is 0.270 e. The summed E-state index contributed by atoms with van der Waals surface area (Å²) in [4.78, 5) is 0. The van der Waals surface area contributed by atoms with Gasteiger partial charge in [0.25, 0.3) is 6.33 Å². The van der Waals surface area contributed by atoms with Crippen LogP contribution in [0.3, 0.4) is 0 Å². The number of para-hydroxylation sites is 2. The highest BCUT2D eigenvalue weighted by Crippen LogP contribution is 2.38. The van der Waals surface area contributed by atoms with Crippen molar-refractivity contribution in [3.8, 4) is 22.9 Å². The van der Waals surface area contributed by atoms with E-state index < -0.39 is 0 Å². The number of hydrogen-bond acceptors (Lipinski definition) is 1. The highest BCUT2D eigenvalue weighted by Gasteiger charge is 2.25. The van der Waals surface area contributed by atoms with Gasteiger partial charge in [0.1, 0.15) is 22.7 Å². The summed E-state index contributed by atoms with van der Waals surface area (Å²) in [5.41, 5.74) is 5.58. The lowest BCUT2D eigenvalue weighted by atomic mass is 9.87. The lowest BCUT2D eigenvalue weighted by Crippen LogP contribution is -2.33. The Morgan fingerprint density at radius 3 is 2.46 bits per heavy atom. The van der Waals surface area contributed by atoms with Crippen molar-refractivity contribution in [1.29, 1.82) is 0 Å². The second kappa shape index (κ2) is 5.21. The fraction of sp³-hybridized carbons (Fsp3) is 0.174. The molecule has 0 bridgehead atoms. The van der Waals surface area contributed by atoms with Gasteiger partial charge in [0, 0.05) is 0 Å². The molecular weight excluding hydrogens is 320 g/mol. The highest BCUT2D eigenvalue weighted by molar-refractivity contribution is 5.82. The van der Waals surface area contributed by atoms with Crippen LogP contribution in [0, 0.1) is 6.33 Å². The quantitative estimate of drug-likeness (QED) is 0.306. The van der Waals surface area contributed by atoms with E-state index in [1.165, 1.54) is 5.56 Å². The van der Waals surface area contributed by atoms with Crippen molar-refractivity contribution >= 4 is 11.0 Å². The molecule has 3 nitrogen and oxygen atoms in total. The summed E-state index contributed by atoms with van der Waals surface area (Å²) in [7, 11) is 0. The van der Waals surface area contributed by atoms with Gasteiger partial charge in [0.05, 0.1) is 11.2 Å². The summed E-state index contributed by atoms with van der Waals surface area (Å²) >= 11 is 0. The molecule has 3 heteroatoms. The number of hydrogen-bond donors (Lipinski definition) is 0. The minimum absolute atomic E-state index is 0.0784. The minimum Gasteiger partial charge on any atom is -0.465 e. The van der Waals surface area contributed by atoms with Crippen molar-refractivity contribution in [2.75, 3.05) is 0 Å². The topological polar surface area (TPSA) is 18.0 Å². The Labute approximate surface area is 153 Å². The maximum atomic E-state index is 6.28. The smallest absolute Gasteiger partial charge is 0.270 e. The molecule has 0 spiro atoms. The Kier molecular flexibility index (Phi) is 3.05. The predicted molar refractivity (Wildman–Crippen MR) is 102 cm³/mol. The van der Waals surface area contributed by atoms with Gasteiger partial charge < -0.3 is 4.74 Å². The zero-order valence-corrected chi connectivity index (χ0v) is 15.2. The highest BCUT2D eigenvalue weighted by atomic mass is 16.5. The number of aromatic nitrogens is 2. The van der Waals surface area contributed by atoms with Gasteiger partial charge in [-0.25, -0.2) is 0 Å². The molecule has 0 N–H and O–H groups in total. The molecule has 0 saturated carbocycles. The molecule has 0 saturated heterocycles. The van der Waals surface area contributed by atoms with Gasteiger partial charge in [-0.1, -0.05) is 57.2 Å². The molecule has 0 amide bonds.